The summed E-state index contributed by atoms with van der Waals surface area (Å²) in [5, 5.41) is 7.30. The molecule has 2 aromatic heterocycles. The van der Waals surface area contributed by atoms with Crippen LogP contribution in [0.3, 0.4) is 0 Å². The van der Waals surface area contributed by atoms with Gasteiger partial charge in [0.15, 0.2) is 5.76 Å². The zero-order chi connectivity index (χ0) is 11.5. The van der Waals surface area contributed by atoms with Crippen LogP contribution in [0.25, 0.3) is 11.6 Å². The molecule has 3 rings (SSSR count). The van der Waals surface area contributed by atoms with Crippen LogP contribution in [0.1, 0.15) is 18.7 Å². The molecule has 2 aromatic rings. The van der Waals surface area contributed by atoms with Gasteiger partial charge in [0.1, 0.15) is 0 Å². The molecule has 0 radical (unpaired) electrons. The number of hydrogen-bond donors (Lipinski definition) is 1. The summed E-state index contributed by atoms with van der Waals surface area (Å²) < 4.78 is 10.5. The maximum absolute atomic E-state index is 5.24. The van der Waals surface area contributed by atoms with E-state index in [0.717, 1.165) is 19.5 Å². The second-order valence-electron chi connectivity index (χ2n) is 4.41. The van der Waals surface area contributed by atoms with Gasteiger partial charge in [0.2, 0.25) is 11.7 Å². The molecule has 0 bridgehead atoms. The average molecular weight is 233 g/mol. The Balaban J connectivity index is 1.68. The molecular formula is C12H15N3O2. The van der Waals surface area contributed by atoms with Crippen molar-refractivity contribution in [3.05, 3.63) is 24.3 Å². The lowest BCUT2D eigenvalue weighted by Crippen LogP contribution is -2.30. The number of piperidine rings is 1. The minimum atomic E-state index is 0.536. The molecule has 1 aliphatic rings. The maximum Gasteiger partial charge on any atom is 0.238 e. The predicted molar refractivity (Wildman–Crippen MR) is 61.3 cm³/mol. The van der Waals surface area contributed by atoms with Crippen molar-refractivity contribution >= 4 is 0 Å². The molecule has 0 spiro atoms. The number of aromatic nitrogens is 2. The molecule has 1 saturated heterocycles. The molecule has 0 amide bonds. The fourth-order valence-corrected chi connectivity index (χ4v) is 2.19. The van der Waals surface area contributed by atoms with E-state index in [1.54, 1.807) is 6.26 Å². The molecule has 1 atom stereocenters. The number of rotatable bonds is 3. The minimum Gasteiger partial charge on any atom is -0.461 e. The van der Waals surface area contributed by atoms with E-state index in [1.165, 1.54) is 12.8 Å². The van der Waals surface area contributed by atoms with Crippen molar-refractivity contribution in [3.63, 3.8) is 0 Å². The van der Waals surface area contributed by atoms with Crippen molar-refractivity contribution in [2.75, 3.05) is 13.1 Å². The number of nitrogens with one attached hydrogen (secondary N) is 1. The Hall–Kier alpha value is -1.62. The van der Waals surface area contributed by atoms with Gasteiger partial charge in [-0.3, -0.25) is 0 Å². The van der Waals surface area contributed by atoms with Crippen LogP contribution in [0.4, 0.5) is 0 Å². The van der Waals surface area contributed by atoms with Gasteiger partial charge in [-0.1, -0.05) is 5.16 Å². The van der Waals surface area contributed by atoms with E-state index in [4.69, 9.17) is 8.94 Å². The topological polar surface area (TPSA) is 64.1 Å². The highest BCUT2D eigenvalue weighted by Gasteiger charge is 2.18. The Kier molecular flexibility index (Phi) is 2.92. The van der Waals surface area contributed by atoms with Crippen LogP contribution in [0.15, 0.2) is 27.3 Å². The first-order chi connectivity index (χ1) is 8.42. The zero-order valence-corrected chi connectivity index (χ0v) is 9.56. The zero-order valence-electron chi connectivity index (χ0n) is 9.56. The van der Waals surface area contributed by atoms with Crippen LogP contribution in [-0.4, -0.2) is 23.2 Å². The Morgan fingerprint density at radius 2 is 2.47 bits per heavy atom. The fraction of sp³-hybridized carbons (Fsp3) is 0.500. The smallest absolute Gasteiger partial charge is 0.238 e. The number of nitrogens with zero attached hydrogens (tertiary/aromatic N) is 2. The number of hydrogen-bond acceptors (Lipinski definition) is 5. The Morgan fingerprint density at radius 1 is 1.47 bits per heavy atom. The summed E-state index contributed by atoms with van der Waals surface area (Å²) in [6.07, 6.45) is 4.91. The standard InChI is InChI=1S/C12H15N3O2/c1-3-9(8-13-5-1)7-11-14-12(15-17-11)10-4-2-6-16-10/h2,4,6,9,13H,1,3,5,7-8H2. The quantitative estimate of drug-likeness (QED) is 0.876. The first-order valence-electron chi connectivity index (χ1n) is 5.99. The van der Waals surface area contributed by atoms with Crippen LogP contribution < -0.4 is 5.32 Å². The van der Waals surface area contributed by atoms with Gasteiger partial charge < -0.3 is 14.3 Å². The fourth-order valence-electron chi connectivity index (χ4n) is 2.19. The normalized spacial score (nSPS) is 20.6. The van der Waals surface area contributed by atoms with Crippen molar-refractivity contribution in [3.8, 4) is 11.6 Å². The molecule has 5 heteroatoms. The van der Waals surface area contributed by atoms with Gasteiger partial charge in [-0.15, -0.1) is 0 Å². The van der Waals surface area contributed by atoms with Crippen LogP contribution in [0, 0.1) is 5.92 Å². The summed E-state index contributed by atoms with van der Waals surface area (Å²) >= 11 is 0. The molecule has 1 N–H and O–H groups in total. The van der Waals surface area contributed by atoms with E-state index >= 15 is 0 Å². The highest BCUT2D eigenvalue weighted by molar-refractivity contribution is 5.44. The third-order valence-electron chi connectivity index (χ3n) is 3.07. The highest BCUT2D eigenvalue weighted by Crippen LogP contribution is 2.19. The third-order valence-corrected chi connectivity index (χ3v) is 3.07. The summed E-state index contributed by atoms with van der Waals surface area (Å²) in [7, 11) is 0. The molecule has 90 valence electrons. The van der Waals surface area contributed by atoms with Gasteiger partial charge in [0.25, 0.3) is 0 Å². The summed E-state index contributed by atoms with van der Waals surface area (Å²) in [6.45, 7) is 2.16. The predicted octanol–water partition coefficient (Wildman–Crippen LogP) is 1.87. The molecule has 0 saturated carbocycles. The average Bonchev–Trinajstić information content (AvgIpc) is 3.00. The van der Waals surface area contributed by atoms with Crippen LogP contribution in [-0.2, 0) is 6.42 Å². The molecule has 1 unspecified atom stereocenters. The molecule has 17 heavy (non-hydrogen) atoms. The highest BCUT2D eigenvalue weighted by atomic mass is 16.5. The van der Waals surface area contributed by atoms with Crippen LogP contribution in [0.2, 0.25) is 0 Å². The molecule has 5 nitrogen and oxygen atoms in total. The Morgan fingerprint density at radius 3 is 3.24 bits per heavy atom. The molecule has 1 aliphatic heterocycles. The summed E-state index contributed by atoms with van der Waals surface area (Å²) in [5.41, 5.74) is 0. The molecule has 0 aliphatic carbocycles. The van der Waals surface area contributed by atoms with E-state index in [9.17, 15) is 0 Å². The van der Waals surface area contributed by atoms with Gasteiger partial charge in [0, 0.05) is 6.42 Å². The lowest BCUT2D eigenvalue weighted by Gasteiger charge is -2.20. The monoisotopic (exact) mass is 233 g/mol. The van der Waals surface area contributed by atoms with Gasteiger partial charge in [-0.2, -0.15) is 4.98 Å². The van der Waals surface area contributed by atoms with Gasteiger partial charge in [-0.25, -0.2) is 0 Å². The van der Waals surface area contributed by atoms with Gasteiger partial charge >= 0.3 is 0 Å². The van der Waals surface area contributed by atoms with E-state index in [0.29, 0.717) is 23.4 Å². The summed E-state index contributed by atoms with van der Waals surface area (Å²) in [4.78, 5) is 4.35. The Labute approximate surface area is 99.2 Å². The minimum absolute atomic E-state index is 0.536. The first kappa shape index (κ1) is 10.5. The van der Waals surface area contributed by atoms with Gasteiger partial charge in [0.05, 0.1) is 6.26 Å². The van der Waals surface area contributed by atoms with E-state index in [2.05, 4.69) is 15.5 Å². The molecule has 3 heterocycles. The summed E-state index contributed by atoms with van der Waals surface area (Å²) in [5.74, 6) is 2.49. The Bertz CT molecular complexity index is 458. The van der Waals surface area contributed by atoms with Crippen molar-refractivity contribution in [2.45, 2.75) is 19.3 Å². The SMILES string of the molecule is c1coc(-c2noc(CC3CCCNC3)n2)c1. The molecule has 0 aromatic carbocycles. The van der Waals surface area contributed by atoms with Crippen molar-refractivity contribution < 1.29 is 8.94 Å². The van der Waals surface area contributed by atoms with Gasteiger partial charge in [-0.05, 0) is 44.0 Å². The second-order valence-corrected chi connectivity index (χ2v) is 4.41. The summed E-state index contributed by atoms with van der Waals surface area (Å²) in [6, 6.07) is 3.65. The van der Waals surface area contributed by atoms with Crippen molar-refractivity contribution in [1.29, 1.82) is 0 Å². The maximum atomic E-state index is 5.24. The largest absolute Gasteiger partial charge is 0.461 e. The number of furan rings is 1. The van der Waals surface area contributed by atoms with Crippen LogP contribution >= 0.6 is 0 Å². The van der Waals surface area contributed by atoms with Crippen molar-refractivity contribution in [1.82, 2.24) is 15.5 Å². The third kappa shape index (κ3) is 2.39. The first-order valence-corrected chi connectivity index (χ1v) is 5.99. The second kappa shape index (κ2) is 4.71. The van der Waals surface area contributed by atoms with Crippen LogP contribution in [0.5, 0.6) is 0 Å². The van der Waals surface area contributed by atoms with E-state index < -0.39 is 0 Å². The molecular weight excluding hydrogens is 218 g/mol. The molecule has 1 fully saturated rings. The lowest BCUT2D eigenvalue weighted by molar-refractivity contribution is 0.316. The van der Waals surface area contributed by atoms with Crippen molar-refractivity contribution in [2.24, 2.45) is 5.92 Å². The van der Waals surface area contributed by atoms with E-state index in [1.807, 2.05) is 12.1 Å². The lowest BCUT2D eigenvalue weighted by atomic mass is 9.96. The van der Waals surface area contributed by atoms with E-state index in [-0.39, 0.29) is 0 Å².